The fourth-order valence-electron chi connectivity index (χ4n) is 2.93. The van der Waals surface area contributed by atoms with Crippen LogP contribution in [-0.2, 0) is 9.59 Å². The summed E-state index contributed by atoms with van der Waals surface area (Å²) in [5.74, 6) is 0.570. The standard InChI is InChI=1S/C23H24N2O3S2/c1-3-28-19-12-10-18(11-13-19)24-21(26)5-4-14-25-22(27)20(30-23(25)29)15-17-8-6-16(2)7-9-17/h6-13,15H,3-5,14H2,1-2H3,(H,24,26)/b20-15-. The molecule has 1 aliphatic rings. The van der Waals surface area contributed by atoms with Gasteiger partial charge in [0.15, 0.2) is 0 Å². The number of nitrogens with zero attached hydrogens (tertiary/aromatic N) is 1. The molecule has 5 nitrogen and oxygen atoms in total. The third-order valence-electron chi connectivity index (χ3n) is 4.48. The molecule has 1 saturated heterocycles. The zero-order valence-corrected chi connectivity index (χ0v) is 18.6. The summed E-state index contributed by atoms with van der Waals surface area (Å²) in [6.45, 7) is 4.97. The Hall–Kier alpha value is -2.64. The molecule has 3 rings (SSSR count). The number of carbonyl (C=O) groups excluding carboxylic acids is 2. The van der Waals surface area contributed by atoms with Crippen molar-refractivity contribution in [1.29, 1.82) is 0 Å². The maximum atomic E-state index is 12.7. The van der Waals surface area contributed by atoms with Crippen LogP contribution < -0.4 is 10.1 Å². The van der Waals surface area contributed by atoms with Crippen molar-refractivity contribution in [2.75, 3.05) is 18.5 Å². The molecule has 156 valence electrons. The number of ether oxygens (including phenoxy) is 1. The Bertz CT molecular complexity index is 953. The highest BCUT2D eigenvalue weighted by Gasteiger charge is 2.31. The first-order valence-corrected chi connectivity index (χ1v) is 11.0. The highest BCUT2D eigenvalue weighted by Crippen LogP contribution is 2.32. The molecule has 2 aromatic rings. The van der Waals surface area contributed by atoms with Crippen LogP contribution in [0, 0.1) is 6.92 Å². The van der Waals surface area contributed by atoms with Crippen LogP contribution in [0.25, 0.3) is 6.08 Å². The van der Waals surface area contributed by atoms with E-state index < -0.39 is 0 Å². The molecule has 1 aliphatic heterocycles. The van der Waals surface area contributed by atoms with Crippen molar-refractivity contribution >= 4 is 51.9 Å². The van der Waals surface area contributed by atoms with Gasteiger partial charge >= 0.3 is 0 Å². The zero-order chi connectivity index (χ0) is 21.5. The molecular formula is C23H24N2O3S2. The monoisotopic (exact) mass is 440 g/mol. The number of anilines is 1. The number of amides is 2. The second-order valence-corrected chi connectivity index (χ2v) is 8.53. The summed E-state index contributed by atoms with van der Waals surface area (Å²) < 4.78 is 5.92. The fourth-order valence-corrected chi connectivity index (χ4v) is 4.24. The number of thiocarbonyl (C=S) groups is 1. The van der Waals surface area contributed by atoms with Gasteiger partial charge in [-0.05, 0) is 56.2 Å². The zero-order valence-electron chi connectivity index (χ0n) is 17.0. The maximum absolute atomic E-state index is 12.7. The number of carbonyl (C=O) groups is 2. The molecule has 2 amide bonds. The molecule has 0 radical (unpaired) electrons. The van der Waals surface area contributed by atoms with Crippen molar-refractivity contribution in [3.63, 3.8) is 0 Å². The lowest BCUT2D eigenvalue weighted by molar-refractivity contribution is -0.122. The highest BCUT2D eigenvalue weighted by atomic mass is 32.2. The average molecular weight is 441 g/mol. The summed E-state index contributed by atoms with van der Waals surface area (Å²) in [5.41, 5.74) is 2.86. The van der Waals surface area contributed by atoms with E-state index in [1.807, 2.05) is 56.3 Å². The van der Waals surface area contributed by atoms with Crippen molar-refractivity contribution in [3.05, 3.63) is 64.6 Å². The Kier molecular flexibility index (Phi) is 7.65. The van der Waals surface area contributed by atoms with Gasteiger partial charge in [-0.15, -0.1) is 0 Å². The van der Waals surface area contributed by atoms with Gasteiger partial charge in [0, 0.05) is 18.7 Å². The number of rotatable bonds is 8. The van der Waals surface area contributed by atoms with Crippen molar-refractivity contribution in [2.24, 2.45) is 0 Å². The SMILES string of the molecule is CCOc1ccc(NC(=O)CCCN2C(=O)/C(=C/c3ccc(C)cc3)SC2=S)cc1. The lowest BCUT2D eigenvalue weighted by Gasteiger charge is -2.14. The molecule has 0 bridgehead atoms. The summed E-state index contributed by atoms with van der Waals surface area (Å²) in [7, 11) is 0. The molecule has 0 aliphatic carbocycles. The van der Waals surface area contributed by atoms with E-state index in [1.54, 1.807) is 17.0 Å². The molecule has 0 unspecified atom stereocenters. The summed E-state index contributed by atoms with van der Waals surface area (Å²) >= 11 is 6.67. The number of benzene rings is 2. The van der Waals surface area contributed by atoms with Crippen LogP contribution in [-0.4, -0.2) is 34.2 Å². The first-order valence-electron chi connectivity index (χ1n) is 9.81. The molecular weight excluding hydrogens is 416 g/mol. The summed E-state index contributed by atoms with van der Waals surface area (Å²) in [5, 5.41) is 2.86. The number of hydrogen-bond acceptors (Lipinski definition) is 5. The Labute approximate surface area is 186 Å². The van der Waals surface area contributed by atoms with Crippen LogP contribution in [0.2, 0.25) is 0 Å². The van der Waals surface area contributed by atoms with Gasteiger partial charge in [0.05, 0.1) is 11.5 Å². The highest BCUT2D eigenvalue weighted by molar-refractivity contribution is 8.26. The van der Waals surface area contributed by atoms with Gasteiger partial charge in [-0.3, -0.25) is 14.5 Å². The first-order chi connectivity index (χ1) is 14.5. The van der Waals surface area contributed by atoms with Gasteiger partial charge in [0.2, 0.25) is 5.91 Å². The Morgan fingerprint density at radius 1 is 1.17 bits per heavy atom. The van der Waals surface area contributed by atoms with Crippen LogP contribution in [0.15, 0.2) is 53.4 Å². The minimum absolute atomic E-state index is 0.0974. The van der Waals surface area contributed by atoms with E-state index in [4.69, 9.17) is 17.0 Å². The smallest absolute Gasteiger partial charge is 0.266 e. The van der Waals surface area contributed by atoms with Crippen LogP contribution in [0.3, 0.4) is 0 Å². The van der Waals surface area contributed by atoms with E-state index >= 15 is 0 Å². The molecule has 1 heterocycles. The van der Waals surface area contributed by atoms with Crippen LogP contribution in [0.1, 0.15) is 30.9 Å². The van der Waals surface area contributed by atoms with Crippen molar-refractivity contribution in [1.82, 2.24) is 4.90 Å². The third-order valence-corrected chi connectivity index (χ3v) is 5.86. The van der Waals surface area contributed by atoms with Gasteiger partial charge in [0.1, 0.15) is 10.1 Å². The minimum Gasteiger partial charge on any atom is -0.494 e. The molecule has 1 fully saturated rings. The largest absolute Gasteiger partial charge is 0.494 e. The van der Waals surface area contributed by atoms with Gasteiger partial charge in [-0.25, -0.2) is 0 Å². The molecule has 0 saturated carbocycles. The molecule has 30 heavy (non-hydrogen) atoms. The van der Waals surface area contributed by atoms with Crippen LogP contribution in [0.5, 0.6) is 5.75 Å². The normalized spacial score (nSPS) is 15.0. The van der Waals surface area contributed by atoms with E-state index in [0.717, 1.165) is 17.0 Å². The van der Waals surface area contributed by atoms with Crippen molar-refractivity contribution in [3.8, 4) is 5.75 Å². The number of nitrogens with one attached hydrogen (secondary N) is 1. The van der Waals surface area contributed by atoms with Gasteiger partial charge in [0.25, 0.3) is 5.91 Å². The molecule has 0 atom stereocenters. The fraction of sp³-hybridized carbons (Fsp3) is 0.261. The quantitative estimate of drug-likeness (QED) is 0.462. The van der Waals surface area contributed by atoms with E-state index in [1.165, 1.54) is 17.3 Å². The topological polar surface area (TPSA) is 58.6 Å². The van der Waals surface area contributed by atoms with Crippen LogP contribution in [0.4, 0.5) is 5.69 Å². The lowest BCUT2D eigenvalue weighted by atomic mass is 10.1. The van der Waals surface area contributed by atoms with Crippen molar-refractivity contribution < 1.29 is 14.3 Å². The van der Waals surface area contributed by atoms with Gasteiger partial charge < -0.3 is 10.1 Å². The first kappa shape index (κ1) is 22.1. The number of aryl methyl sites for hydroxylation is 1. The Balaban J connectivity index is 1.49. The predicted molar refractivity (Wildman–Crippen MR) is 127 cm³/mol. The maximum Gasteiger partial charge on any atom is 0.266 e. The van der Waals surface area contributed by atoms with Gasteiger partial charge in [-0.1, -0.05) is 53.8 Å². The third kappa shape index (κ3) is 5.93. The molecule has 2 aromatic carbocycles. The average Bonchev–Trinajstić information content (AvgIpc) is 2.99. The molecule has 0 spiro atoms. The summed E-state index contributed by atoms with van der Waals surface area (Å²) in [6, 6.07) is 15.2. The Morgan fingerprint density at radius 3 is 2.53 bits per heavy atom. The molecule has 7 heteroatoms. The van der Waals surface area contributed by atoms with E-state index in [-0.39, 0.29) is 11.8 Å². The second kappa shape index (κ2) is 10.4. The minimum atomic E-state index is -0.0995. The lowest BCUT2D eigenvalue weighted by Crippen LogP contribution is -2.29. The van der Waals surface area contributed by atoms with Gasteiger partial charge in [-0.2, -0.15) is 0 Å². The predicted octanol–water partition coefficient (Wildman–Crippen LogP) is 5.01. The van der Waals surface area contributed by atoms with E-state index in [0.29, 0.717) is 35.2 Å². The van der Waals surface area contributed by atoms with Crippen molar-refractivity contribution in [2.45, 2.75) is 26.7 Å². The number of hydrogen-bond donors (Lipinski definition) is 1. The summed E-state index contributed by atoms with van der Waals surface area (Å²) in [6.07, 6.45) is 2.70. The Morgan fingerprint density at radius 2 is 1.87 bits per heavy atom. The van der Waals surface area contributed by atoms with E-state index in [9.17, 15) is 9.59 Å². The number of thioether (sulfide) groups is 1. The van der Waals surface area contributed by atoms with E-state index in [2.05, 4.69) is 5.32 Å². The molecule has 0 aromatic heterocycles. The second-order valence-electron chi connectivity index (χ2n) is 6.85. The molecule has 1 N–H and O–H groups in total. The van der Waals surface area contributed by atoms with Crippen LogP contribution >= 0.6 is 24.0 Å². The summed E-state index contributed by atoms with van der Waals surface area (Å²) in [4.78, 5) is 27.1.